The van der Waals surface area contributed by atoms with Gasteiger partial charge >= 0.3 is 0 Å². The number of hydrogen-bond donors (Lipinski definition) is 0. The van der Waals surface area contributed by atoms with Crippen molar-refractivity contribution in [3.8, 4) is 0 Å². The van der Waals surface area contributed by atoms with Gasteiger partial charge in [0.15, 0.2) is 17.2 Å². The number of carbonyl (C=O) groups is 1. The SMILES string of the molecule is CC(C)COC(C)c1noc(CN(C)C(=O)c2nccn3ccnc23)n1. The topological polar surface area (TPSA) is 98.7 Å². The van der Waals surface area contributed by atoms with Crippen LogP contribution < -0.4 is 0 Å². The first kappa shape index (κ1) is 18.0. The van der Waals surface area contributed by atoms with Crippen molar-refractivity contribution in [3.63, 3.8) is 0 Å². The Morgan fingerprint density at radius 3 is 2.73 bits per heavy atom. The van der Waals surface area contributed by atoms with Crippen LogP contribution in [0.3, 0.4) is 0 Å². The average molecular weight is 358 g/mol. The molecular weight excluding hydrogens is 336 g/mol. The molecule has 0 saturated carbocycles. The second-order valence-corrected chi connectivity index (χ2v) is 6.51. The second kappa shape index (κ2) is 7.61. The summed E-state index contributed by atoms with van der Waals surface area (Å²) in [5.41, 5.74) is 0.777. The lowest BCUT2D eigenvalue weighted by Crippen LogP contribution is -2.27. The molecule has 26 heavy (non-hydrogen) atoms. The number of aromatic nitrogens is 5. The summed E-state index contributed by atoms with van der Waals surface area (Å²) in [6.07, 6.45) is 6.42. The summed E-state index contributed by atoms with van der Waals surface area (Å²) in [6.45, 7) is 6.80. The van der Waals surface area contributed by atoms with Crippen LogP contribution in [0.25, 0.3) is 5.65 Å². The molecule has 0 aromatic carbocycles. The molecule has 0 fully saturated rings. The van der Waals surface area contributed by atoms with E-state index >= 15 is 0 Å². The number of hydrogen-bond acceptors (Lipinski definition) is 7. The van der Waals surface area contributed by atoms with Gasteiger partial charge in [-0.3, -0.25) is 4.79 Å². The molecule has 9 heteroatoms. The highest BCUT2D eigenvalue weighted by molar-refractivity contribution is 5.97. The van der Waals surface area contributed by atoms with E-state index in [1.54, 1.807) is 36.2 Å². The van der Waals surface area contributed by atoms with Crippen molar-refractivity contribution in [3.05, 3.63) is 42.2 Å². The van der Waals surface area contributed by atoms with E-state index in [4.69, 9.17) is 9.26 Å². The normalized spacial score (nSPS) is 12.7. The van der Waals surface area contributed by atoms with Crippen LogP contribution in [-0.2, 0) is 11.3 Å². The molecule has 1 unspecified atom stereocenters. The number of ether oxygens (including phenoxy) is 1. The van der Waals surface area contributed by atoms with Gasteiger partial charge in [-0.2, -0.15) is 4.98 Å². The lowest BCUT2D eigenvalue weighted by molar-refractivity contribution is 0.0402. The fourth-order valence-electron chi connectivity index (χ4n) is 2.37. The van der Waals surface area contributed by atoms with E-state index in [1.807, 2.05) is 6.92 Å². The first-order valence-electron chi connectivity index (χ1n) is 8.43. The molecule has 3 rings (SSSR count). The van der Waals surface area contributed by atoms with Crippen LogP contribution in [-0.4, -0.2) is 49.0 Å². The van der Waals surface area contributed by atoms with Crippen LogP contribution in [0.5, 0.6) is 0 Å². The summed E-state index contributed by atoms with van der Waals surface area (Å²) in [4.78, 5) is 26.8. The second-order valence-electron chi connectivity index (χ2n) is 6.51. The Labute approximate surface area is 151 Å². The highest BCUT2D eigenvalue weighted by atomic mass is 16.5. The van der Waals surface area contributed by atoms with Gasteiger partial charge in [-0.25, -0.2) is 9.97 Å². The van der Waals surface area contributed by atoms with Gasteiger partial charge in [0.1, 0.15) is 12.6 Å². The molecule has 9 nitrogen and oxygen atoms in total. The molecule has 1 atom stereocenters. The molecule has 0 aliphatic rings. The van der Waals surface area contributed by atoms with Crippen molar-refractivity contribution in [2.75, 3.05) is 13.7 Å². The first-order chi connectivity index (χ1) is 12.5. The minimum absolute atomic E-state index is 0.173. The van der Waals surface area contributed by atoms with Gasteiger partial charge in [-0.05, 0) is 12.8 Å². The number of carbonyl (C=O) groups excluding carboxylic acids is 1. The van der Waals surface area contributed by atoms with E-state index in [9.17, 15) is 4.79 Å². The van der Waals surface area contributed by atoms with E-state index in [1.165, 1.54) is 4.90 Å². The average Bonchev–Trinajstić information content (AvgIpc) is 3.27. The Morgan fingerprint density at radius 2 is 2.00 bits per heavy atom. The molecule has 0 N–H and O–H groups in total. The summed E-state index contributed by atoms with van der Waals surface area (Å²) in [5, 5.41) is 3.94. The fourth-order valence-corrected chi connectivity index (χ4v) is 2.37. The highest BCUT2D eigenvalue weighted by Crippen LogP contribution is 2.16. The number of nitrogens with zero attached hydrogens (tertiary/aromatic N) is 6. The van der Waals surface area contributed by atoms with Crippen LogP contribution in [0, 0.1) is 5.92 Å². The zero-order chi connectivity index (χ0) is 18.7. The largest absolute Gasteiger partial charge is 0.370 e. The van der Waals surface area contributed by atoms with E-state index < -0.39 is 0 Å². The Balaban J connectivity index is 1.67. The molecule has 0 saturated heterocycles. The van der Waals surface area contributed by atoms with Gasteiger partial charge in [0, 0.05) is 38.4 Å². The van der Waals surface area contributed by atoms with Gasteiger partial charge in [0.25, 0.3) is 5.91 Å². The molecule has 1 amide bonds. The monoisotopic (exact) mass is 358 g/mol. The van der Waals surface area contributed by atoms with Gasteiger partial charge < -0.3 is 18.6 Å². The maximum absolute atomic E-state index is 12.7. The molecule has 3 aromatic heterocycles. The smallest absolute Gasteiger partial charge is 0.276 e. The minimum Gasteiger partial charge on any atom is -0.370 e. The van der Waals surface area contributed by atoms with Crippen LogP contribution in [0.2, 0.25) is 0 Å². The molecule has 138 valence electrons. The van der Waals surface area contributed by atoms with E-state index in [0.29, 0.717) is 29.9 Å². The minimum atomic E-state index is -0.273. The lowest BCUT2D eigenvalue weighted by Gasteiger charge is -2.14. The highest BCUT2D eigenvalue weighted by Gasteiger charge is 2.21. The van der Waals surface area contributed by atoms with Crippen molar-refractivity contribution in [2.45, 2.75) is 33.4 Å². The zero-order valence-electron chi connectivity index (χ0n) is 15.3. The fraction of sp³-hybridized carbons (Fsp3) is 0.471. The van der Waals surface area contributed by atoms with Crippen LogP contribution in [0.15, 0.2) is 29.3 Å². The Hall–Kier alpha value is -2.81. The molecule has 0 aliphatic heterocycles. The van der Waals surface area contributed by atoms with Gasteiger partial charge in [-0.1, -0.05) is 19.0 Å². The quantitative estimate of drug-likeness (QED) is 0.638. The van der Waals surface area contributed by atoms with E-state index in [0.717, 1.165) is 0 Å². The number of rotatable bonds is 7. The maximum Gasteiger partial charge on any atom is 0.276 e. The summed E-state index contributed by atoms with van der Waals surface area (Å²) in [5.74, 6) is 0.956. The molecular formula is C17H22N6O3. The Kier molecular flexibility index (Phi) is 5.27. The molecule has 0 spiro atoms. The third-order valence-electron chi connectivity index (χ3n) is 3.76. The van der Waals surface area contributed by atoms with Crippen molar-refractivity contribution < 1.29 is 14.1 Å². The summed E-state index contributed by atoms with van der Waals surface area (Å²) >= 11 is 0. The van der Waals surface area contributed by atoms with Gasteiger partial charge in [0.05, 0.1) is 0 Å². The van der Waals surface area contributed by atoms with Gasteiger partial charge in [0.2, 0.25) is 5.89 Å². The number of fused-ring (bicyclic) bond motifs is 1. The van der Waals surface area contributed by atoms with Crippen molar-refractivity contribution >= 4 is 11.6 Å². The van der Waals surface area contributed by atoms with Crippen molar-refractivity contribution in [1.29, 1.82) is 0 Å². The lowest BCUT2D eigenvalue weighted by atomic mass is 10.2. The third-order valence-corrected chi connectivity index (χ3v) is 3.76. The first-order valence-corrected chi connectivity index (χ1v) is 8.43. The summed E-state index contributed by atoms with van der Waals surface area (Å²) in [7, 11) is 1.65. The molecule has 0 radical (unpaired) electrons. The van der Waals surface area contributed by atoms with Crippen LogP contribution in [0.4, 0.5) is 0 Å². The number of imidazole rings is 1. The molecule has 3 heterocycles. The maximum atomic E-state index is 12.7. The predicted octanol–water partition coefficient (Wildman–Crippen LogP) is 2.12. The van der Waals surface area contributed by atoms with E-state index in [2.05, 4.69) is 34.0 Å². The predicted molar refractivity (Wildman–Crippen MR) is 92.3 cm³/mol. The standard InChI is InChI=1S/C17H22N6O3/c1-11(2)10-25-12(3)15-20-13(26-21-15)9-22(4)17(24)14-16-19-6-8-23(16)7-5-18-14/h5-8,11-12H,9-10H2,1-4H3. The van der Waals surface area contributed by atoms with Crippen LogP contribution >= 0.6 is 0 Å². The molecule has 0 aliphatic carbocycles. The third kappa shape index (κ3) is 3.88. The summed E-state index contributed by atoms with van der Waals surface area (Å²) in [6, 6.07) is 0. The number of amides is 1. The van der Waals surface area contributed by atoms with Gasteiger partial charge in [-0.15, -0.1) is 0 Å². The Bertz CT molecular complexity index is 887. The summed E-state index contributed by atoms with van der Waals surface area (Å²) < 4.78 is 12.7. The Morgan fingerprint density at radius 1 is 1.27 bits per heavy atom. The molecule has 3 aromatic rings. The van der Waals surface area contributed by atoms with E-state index in [-0.39, 0.29) is 24.2 Å². The van der Waals surface area contributed by atoms with Crippen LogP contribution in [0.1, 0.15) is 49.1 Å². The zero-order valence-corrected chi connectivity index (χ0v) is 15.3. The molecule has 0 bridgehead atoms. The van der Waals surface area contributed by atoms with Crippen molar-refractivity contribution in [2.24, 2.45) is 5.92 Å². The van der Waals surface area contributed by atoms with Crippen molar-refractivity contribution in [1.82, 2.24) is 29.4 Å².